The van der Waals surface area contributed by atoms with Gasteiger partial charge in [-0.1, -0.05) is 23.7 Å². The average Bonchev–Trinajstić information content (AvgIpc) is 3.36. The second kappa shape index (κ2) is 10.5. The number of anilines is 2. The maximum absolute atomic E-state index is 12.4. The number of benzene rings is 2. The first kappa shape index (κ1) is 22.8. The highest BCUT2D eigenvalue weighted by atomic mass is 35.5. The van der Waals surface area contributed by atoms with Gasteiger partial charge in [-0.3, -0.25) is 9.59 Å². The molecule has 4 rings (SSSR count). The average molecular weight is 483 g/mol. The summed E-state index contributed by atoms with van der Waals surface area (Å²) in [6.45, 7) is 2.73. The Morgan fingerprint density at radius 2 is 1.67 bits per heavy atom. The van der Waals surface area contributed by atoms with E-state index < -0.39 is 0 Å². The molecule has 0 aliphatic carbocycles. The molecule has 0 atom stereocenters. The minimum absolute atomic E-state index is 0.0779. The number of furan rings is 1. The minimum atomic E-state index is -0.201. The second-order valence-corrected chi connectivity index (χ2v) is 8.45. The summed E-state index contributed by atoms with van der Waals surface area (Å²) in [5.41, 5.74) is 2.69. The summed E-state index contributed by atoms with van der Waals surface area (Å²) in [7, 11) is 0. The van der Waals surface area contributed by atoms with Crippen molar-refractivity contribution in [3.8, 4) is 0 Å². The summed E-state index contributed by atoms with van der Waals surface area (Å²) < 4.78 is 5.21. The van der Waals surface area contributed by atoms with E-state index in [0.29, 0.717) is 23.9 Å². The number of hydrogen-bond donors (Lipinski definition) is 2. The maximum atomic E-state index is 12.4. The van der Waals surface area contributed by atoms with Gasteiger partial charge in [-0.2, -0.15) is 0 Å². The number of carbonyl (C=O) groups excluding carboxylic acids is 2. The van der Waals surface area contributed by atoms with Gasteiger partial charge in [0, 0.05) is 42.6 Å². The molecule has 3 aromatic rings. The molecule has 1 aliphatic rings. The van der Waals surface area contributed by atoms with Gasteiger partial charge in [-0.15, -0.1) is 0 Å². The summed E-state index contributed by atoms with van der Waals surface area (Å²) in [5.74, 6) is 0.0920. The number of piperazine rings is 1. The molecule has 1 saturated heterocycles. The Hall–Kier alpha value is -3.36. The number of thiocarbonyl (C=S) groups is 1. The monoisotopic (exact) mass is 482 g/mol. The molecule has 0 bridgehead atoms. The molecule has 0 unspecified atom stereocenters. The Morgan fingerprint density at radius 1 is 0.970 bits per heavy atom. The predicted octanol–water partition coefficient (Wildman–Crippen LogP) is 3.95. The molecular formula is C24H23ClN4O3S. The van der Waals surface area contributed by atoms with E-state index in [1.165, 1.54) is 6.26 Å². The van der Waals surface area contributed by atoms with Crippen molar-refractivity contribution in [2.75, 3.05) is 36.4 Å². The zero-order valence-corrected chi connectivity index (χ0v) is 19.4. The lowest BCUT2D eigenvalue weighted by Crippen LogP contribution is -2.48. The van der Waals surface area contributed by atoms with E-state index in [4.69, 9.17) is 28.2 Å². The van der Waals surface area contributed by atoms with E-state index in [1.54, 1.807) is 29.2 Å². The van der Waals surface area contributed by atoms with Gasteiger partial charge in [0.25, 0.3) is 5.91 Å². The van der Waals surface area contributed by atoms with Crippen LogP contribution in [0.1, 0.15) is 16.1 Å². The molecule has 2 amide bonds. The van der Waals surface area contributed by atoms with E-state index in [0.717, 1.165) is 30.0 Å². The van der Waals surface area contributed by atoms with Crippen LogP contribution in [0.4, 0.5) is 11.4 Å². The summed E-state index contributed by atoms with van der Waals surface area (Å²) in [5, 5.41) is 6.59. The van der Waals surface area contributed by atoms with E-state index in [9.17, 15) is 9.59 Å². The lowest BCUT2D eigenvalue weighted by Gasteiger charge is -2.35. The molecule has 170 valence electrons. The summed E-state index contributed by atoms with van der Waals surface area (Å²) in [6.07, 6.45) is 1.72. The third-order valence-corrected chi connectivity index (χ3v) is 5.78. The highest BCUT2D eigenvalue weighted by Gasteiger charge is 2.23. The summed E-state index contributed by atoms with van der Waals surface area (Å²) >= 11 is 11.1. The van der Waals surface area contributed by atoms with Crippen LogP contribution in [-0.4, -0.2) is 48.0 Å². The molecule has 1 aliphatic heterocycles. The highest BCUT2D eigenvalue weighted by Crippen LogP contribution is 2.20. The third-order valence-electron chi connectivity index (χ3n) is 5.32. The molecule has 2 N–H and O–H groups in total. The van der Waals surface area contributed by atoms with Crippen LogP contribution in [0.25, 0.3) is 0 Å². The Labute approximate surface area is 202 Å². The number of hydrogen-bond acceptors (Lipinski definition) is 5. The SMILES string of the molecule is O=C(Cc1ccc(Cl)cc1)NC(=S)Nc1ccc(N2CCN(C(=O)c3ccco3)CC2)cc1. The first-order chi connectivity index (χ1) is 16.0. The van der Waals surface area contributed by atoms with Gasteiger partial charge in [0.1, 0.15) is 0 Å². The van der Waals surface area contributed by atoms with Crippen molar-refractivity contribution in [2.24, 2.45) is 0 Å². The van der Waals surface area contributed by atoms with Gasteiger partial charge in [-0.05, 0) is 66.3 Å². The molecule has 7 nitrogen and oxygen atoms in total. The maximum Gasteiger partial charge on any atom is 0.289 e. The first-order valence-corrected chi connectivity index (χ1v) is 11.3. The lowest BCUT2D eigenvalue weighted by atomic mass is 10.1. The van der Waals surface area contributed by atoms with E-state index in [1.807, 2.05) is 36.4 Å². The fourth-order valence-corrected chi connectivity index (χ4v) is 3.96. The van der Waals surface area contributed by atoms with Crippen LogP contribution in [0.15, 0.2) is 71.3 Å². The van der Waals surface area contributed by atoms with Gasteiger partial charge >= 0.3 is 0 Å². The number of nitrogens with zero attached hydrogens (tertiary/aromatic N) is 2. The van der Waals surface area contributed by atoms with Crippen molar-refractivity contribution in [3.05, 3.63) is 83.3 Å². The summed E-state index contributed by atoms with van der Waals surface area (Å²) in [6, 6.07) is 18.3. The fraction of sp³-hybridized carbons (Fsp3) is 0.208. The molecule has 1 aromatic heterocycles. The molecule has 9 heteroatoms. The van der Waals surface area contributed by atoms with Gasteiger partial charge in [0.2, 0.25) is 5.91 Å². The Balaban J connectivity index is 1.24. The van der Waals surface area contributed by atoms with E-state index >= 15 is 0 Å². The first-order valence-electron chi connectivity index (χ1n) is 10.5. The molecule has 0 saturated carbocycles. The third kappa shape index (κ3) is 6.12. The Kier molecular flexibility index (Phi) is 7.26. The van der Waals surface area contributed by atoms with Crippen molar-refractivity contribution in [1.82, 2.24) is 10.2 Å². The smallest absolute Gasteiger partial charge is 0.289 e. The van der Waals surface area contributed by atoms with Crippen molar-refractivity contribution in [1.29, 1.82) is 0 Å². The van der Waals surface area contributed by atoms with Crippen molar-refractivity contribution >= 4 is 52.1 Å². The number of rotatable bonds is 5. The highest BCUT2D eigenvalue weighted by molar-refractivity contribution is 7.80. The van der Waals surface area contributed by atoms with E-state index in [2.05, 4.69) is 15.5 Å². The van der Waals surface area contributed by atoms with Crippen LogP contribution < -0.4 is 15.5 Å². The van der Waals surface area contributed by atoms with Crippen LogP contribution in [-0.2, 0) is 11.2 Å². The van der Waals surface area contributed by atoms with Crippen molar-refractivity contribution < 1.29 is 14.0 Å². The Morgan fingerprint density at radius 3 is 2.30 bits per heavy atom. The number of halogens is 1. The fourth-order valence-electron chi connectivity index (χ4n) is 3.60. The quantitative estimate of drug-likeness (QED) is 0.536. The molecule has 2 aromatic carbocycles. The summed E-state index contributed by atoms with van der Waals surface area (Å²) in [4.78, 5) is 28.6. The van der Waals surface area contributed by atoms with Gasteiger partial charge in [0.05, 0.1) is 12.7 Å². The zero-order chi connectivity index (χ0) is 23.2. The molecule has 0 spiro atoms. The topological polar surface area (TPSA) is 77.8 Å². The van der Waals surface area contributed by atoms with Crippen LogP contribution in [0.5, 0.6) is 0 Å². The van der Waals surface area contributed by atoms with Crippen molar-refractivity contribution in [2.45, 2.75) is 6.42 Å². The standard InChI is InChI=1S/C24H23ClN4O3S/c25-18-5-3-17(4-6-18)16-22(30)27-24(33)26-19-7-9-20(10-8-19)28-11-13-29(14-12-28)23(31)21-2-1-15-32-21/h1-10,15H,11-14,16H2,(H2,26,27,30,33). The van der Waals surface area contributed by atoms with Gasteiger partial charge in [0.15, 0.2) is 10.9 Å². The number of amides is 2. The Bertz CT molecular complexity index is 1110. The molecule has 33 heavy (non-hydrogen) atoms. The van der Waals surface area contributed by atoms with Crippen molar-refractivity contribution in [3.63, 3.8) is 0 Å². The largest absolute Gasteiger partial charge is 0.459 e. The predicted molar refractivity (Wildman–Crippen MR) is 133 cm³/mol. The van der Waals surface area contributed by atoms with Crippen LogP contribution >= 0.6 is 23.8 Å². The van der Waals surface area contributed by atoms with Crippen LogP contribution in [0.2, 0.25) is 5.02 Å². The lowest BCUT2D eigenvalue weighted by molar-refractivity contribution is -0.119. The zero-order valence-electron chi connectivity index (χ0n) is 17.8. The van der Waals surface area contributed by atoms with E-state index in [-0.39, 0.29) is 23.3 Å². The molecule has 0 radical (unpaired) electrons. The van der Waals surface area contributed by atoms with Gasteiger partial charge < -0.3 is 24.9 Å². The molecule has 2 heterocycles. The number of nitrogens with one attached hydrogen (secondary N) is 2. The second-order valence-electron chi connectivity index (χ2n) is 7.61. The molecular weight excluding hydrogens is 460 g/mol. The molecule has 1 fully saturated rings. The van der Waals surface area contributed by atoms with Crippen LogP contribution in [0.3, 0.4) is 0 Å². The normalized spacial score (nSPS) is 13.5. The van der Waals surface area contributed by atoms with Crippen LogP contribution in [0, 0.1) is 0 Å². The van der Waals surface area contributed by atoms with Gasteiger partial charge in [-0.25, -0.2) is 0 Å². The number of carbonyl (C=O) groups is 2. The minimum Gasteiger partial charge on any atom is -0.459 e.